The second kappa shape index (κ2) is 8.71. The van der Waals surface area contributed by atoms with Gasteiger partial charge < -0.3 is 4.43 Å². The summed E-state index contributed by atoms with van der Waals surface area (Å²) in [4.78, 5) is 0. The van der Waals surface area contributed by atoms with Crippen LogP contribution in [0.3, 0.4) is 0 Å². The summed E-state index contributed by atoms with van der Waals surface area (Å²) in [6.07, 6.45) is 16.0. The highest BCUT2D eigenvalue weighted by molar-refractivity contribution is 6.72. The van der Waals surface area contributed by atoms with Gasteiger partial charge in [0.1, 0.15) is 0 Å². The van der Waals surface area contributed by atoms with Gasteiger partial charge in [0, 0.05) is 6.10 Å². The smallest absolute Gasteiger partial charge is 0.190 e. The van der Waals surface area contributed by atoms with Gasteiger partial charge in [-0.2, -0.15) is 0 Å². The predicted molar refractivity (Wildman–Crippen MR) is 83.4 cm³/mol. The zero-order valence-corrected chi connectivity index (χ0v) is 13.3. The molecule has 1 rings (SSSR count). The molecule has 1 aliphatic heterocycles. The van der Waals surface area contributed by atoms with E-state index in [9.17, 15) is 0 Å². The fourth-order valence-electron chi connectivity index (χ4n) is 2.76. The lowest BCUT2D eigenvalue weighted by Gasteiger charge is -2.35. The van der Waals surface area contributed by atoms with Gasteiger partial charge in [-0.05, 0) is 51.2 Å². The van der Waals surface area contributed by atoms with Crippen molar-refractivity contribution in [2.24, 2.45) is 0 Å². The first-order valence-electron chi connectivity index (χ1n) is 7.60. The van der Waals surface area contributed by atoms with E-state index in [0.717, 1.165) is 12.8 Å². The average molecular weight is 267 g/mol. The van der Waals surface area contributed by atoms with E-state index >= 15 is 0 Å². The Hall–Kier alpha value is -0.343. The molecule has 2 unspecified atom stereocenters. The lowest BCUT2D eigenvalue weighted by atomic mass is 10.2. The molecule has 104 valence electrons. The van der Waals surface area contributed by atoms with Crippen molar-refractivity contribution in [2.75, 3.05) is 0 Å². The predicted octanol–water partition coefficient (Wildman–Crippen LogP) is 5.45. The zero-order valence-electron chi connectivity index (χ0n) is 12.3. The largest absolute Gasteiger partial charge is 0.414 e. The maximum atomic E-state index is 6.24. The Bertz CT molecular complexity index is 262. The molecule has 1 heterocycles. The second-order valence-corrected chi connectivity index (χ2v) is 9.99. The van der Waals surface area contributed by atoms with Crippen LogP contribution >= 0.6 is 0 Å². The Morgan fingerprint density at radius 2 is 2.00 bits per heavy atom. The highest BCUT2D eigenvalue weighted by Crippen LogP contribution is 2.30. The van der Waals surface area contributed by atoms with Crippen LogP contribution in [0, 0.1) is 0 Å². The first-order chi connectivity index (χ1) is 8.66. The fourth-order valence-corrected chi connectivity index (χ4v) is 6.29. The van der Waals surface area contributed by atoms with Crippen LogP contribution in [0.2, 0.25) is 18.6 Å². The molecule has 0 bridgehead atoms. The van der Waals surface area contributed by atoms with Crippen LogP contribution in [0.4, 0.5) is 0 Å². The molecular formula is C16H30OSi. The van der Waals surface area contributed by atoms with Crippen LogP contribution in [0.5, 0.6) is 0 Å². The minimum absolute atomic E-state index is 0.522. The van der Waals surface area contributed by atoms with Crippen LogP contribution in [-0.2, 0) is 4.43 Å². The molecule has 0 N–H and O–H groups in total. The van der Waals surface area contributed by atoms with E-state index in [4.69, 9.17) is 4.43 Å². The number of hydrogen-bond donors (Lipinski definition) is 0. The Morgan fingerprint density at radius 3 is 2.72 bits per heavy atom. The van der Waals surface area contributed by atoms with Crippen molar-refractivity contribution in [1.82, 2.24) is 0 Å². The summed E-state index contributed by atoms with van der Waals surface area (Å²) >= 11 is 0. The molecule has 2 atom stereocenters. The van der Waals surface area contributed by atoms with Gasteiger partial charge in [0.25, 0.3) is 0 Å². The van der Waals surface area contributed by atoms with Crippen molar-refractivity contribution in [2.45, 2.75) is 76.6 Å². The van der Waals surface area contributed by atoms with Crippen LogP contribution < -0.4 is 0 Å². The quantitative estimate of drug-likeness (QED) is 0.322. The van der Waals surface area contributed by atoms with E-state index in [0.29, 0.717) is 6.10 Å². The molecule has 0 saturated carbocycles. The molecule has 0 amide bonds. The highest BCUT2D eigenvalue weighted by Gasteiger charge is 2.33. The maximum Gasteiger partial charge on any atom is 0.190 e. The second-order valence-electron chi connectivity index (χ2n) is 5.85. The average Bonchev–Trinajstić information content (AvgIpc) is 2.32. The van der Waals surface area contributed by atoms with Crippen LogP contribution in [0.1, 0.15) is 51.9 Å². The lowest BCUT2D eigenvalue weighted by Crippen LogP contribution is -2.41. The molecule has 1 fully saturated rings. The summed E-state index contributed by atoms with van der Waals surface area (Å²) in [5, 5.41) is 0. The molecule has 0 spiro atoms. The van der Waals surface area contributed by atoms with E-state index < -0.39 is 8.32 Å². The molecule has 0 aromatic heterocycles. The van der Waals surface area contributed by atoms with Gasteiger partial charge in [-0.1, -0.05) is 37.5 Å². The molecule has 0 aromatic rings. The van der Waals surface area contributed by atoms with Gasteiger partial charge in [0.05, 0.1) is 0 Å². The minimum Gasteiger partial charge on any atom is -0.414 e. The van der Waals surface area contributed by atoms with Crippen molar-refractivity contribution >= 4 is 8.32 Å². The molecule has 18 heavy (non-hydrogen) atoms. The molecule has 1 nitrogen and oxygen atoms in total. The summed E-state index contributed by atoms with van der Waals surface area (Å²) in [6.45, 7) is 8.41. The summed E-state index contributed by atoms with van der Waals surface area (Å²) in [5.74, 6) is 0. The van der Waals surface area contributed by atoms with Gasteiger partial charge in [0.2, 0.25) is 0 Å². The molecule has 1 aliphatic rings. The normalized spacial score (nSPS) is 28.7. The van der Waals surface area contributed by atoms with Gasteiger partial charge in [-0.3, -0.25) is 0 Å². The molecule has 1 saturated heterocycles. The zero-order chi connectivity index (χ0) is 13.3. The van der Waals surface area contributed by atoms with Crippen LogP contribution in [-0.4, -0.2) is 14.4 Å². The topological polar surface area (TPSA) is 9.23 Å². The number of rotatable bonds is 8. The van der Waals surface area contributed by atoms with E-state index in [-0.39, 0.29) is 0 Å². The Labute approximate surface area is 114 Å². The third-order valence-electron chi connectivity index (χ3n) is 3.83. The lowest BCUT2D eigenvalue weighted by molar-refractivity contribution is 0.175. The molecule has 0 aromatic carbocycles. The Balaban J connectivity index is 2.06. The van der Waals surface area contributed by atoms with Gasteiger partial charge >= 0.3 is 0 Å². The first kappa shape index (κ1) is 15.7. The third kappa shape index (κ3) is 6.55. The highest BCUT2D eigenvalue weighted by atomic mass is 28.4. The van der Waals surface area contributed by atoms with Crippen molar-refractivity contribution < 1.29 is 4.43 Å². The molecular weight excluding hydrogens is 236 g/mol. The number of hydrogen-bond acceptors (Lipinski definition) is 1. The molecule has 0 aliphatic carbocycles. The summed E-state index contributed by atoms with van der Waals surface area (Å²) in [6, 6.07) is 2.74. The van der Waals surface area contributed by atoms with Crippen molar-refractivity contribution in [1.29, 1.82) is 0 Å². The summed E-state index contributed by atoms with van der Waals surface area (Å²) < 4.78 is 6.24. The van der Waals surface area contributed by atoms with Crippen molar-refractivity contribution in [3.05, 3.63) is 24.8 Å². The SMILES string of the molecule is C=CCC/C=C/CCCC[Si]1(C)CCCC(C)O1. The Kier molecular flexibility index (Phi) is 7.60. The maximum absolute atomic E-state index is 6.24. The standard InChI is InChI=1S/C16H30OSi/c1-4-5-6-7-8-9-10-11-14-18(3)15-12-13-16(2)17-18/h4,7-8,16H,1,5-6,9-15H2,2-3H3/b8-7+. The Morgan fingerprint density at radius 1 is 1.22 bits per heavy atom. The van der Waals surface area contributed by atoms with E-state index in [1.807, 2.05) is 6.08 Å². The minimum atomic E-state index is -1.32. The van der Waals surface area contributed by atoms with E-state index in [1.54, 1.807) is 0 Å². The van der Waals surface area contributed by atoms with Crippen molar-refractivity contribution in [3.63, 3.8) is 0 Å². The van der Waals surface area contributed by atoms with Gasteiger partial charge in [0.15, 0.2) is 8.32 Å². The van der Waals surface area contributed by atoms with E-state index in [1.165, 1.54) is 44.2 Å². The van der Waals surface area contributed by atoms with Gasteiger partial charge in [-0.25, -0.2) is 0 Å². The number of unbranched alkanes of at least 4 members (excludes halogenated alkanes) is 3. The molecule has 2 heteroatoms. The fraction of sp³-hybridized carbons (Fsp3) is 0.750. The van der Waals surface area contributed by atoms with Gasteiger partial charge in [-0.15, -0.1) is 6.58 Å². The number of allylic oxidation sites excluding steroid dienone is 3. The molecule has 0 radical (unpaired) electrons. The monoisotopic (exact) mass is 266 g/mol. The summed E-state index contributed by atoms with van der Waals surface area (Å²) in [7, 11) is -1.32. The third-order valence-corrected chi connectivity index (χ3v) is 7.63. The first-order valence-corrected chi connectivity index (χ1v) is 10.4. The van der Waals surface area contributed by atoms with Crippen molar-refractivity contribution in [3.8, 4) is 0 Å². The van der Waals surface area contributed by atoms with Crippen LogP contribution in [0.15, 0.2) is 24.8 Å². The summed E-state index contributed by atoms with van der Waals surface area (Å²) in [5.41, 5.74) is 0. The van der Waals surface area contributed by atoms with E-state index in [2.05, 4.69) is 32.2 Å². The van der Waals surface area contributed by atoms with Crippen LogP contribution in [0.25, 0.3) is 0 Å².